The van der Waals surface area contributed by atoms with Gasteiger partial charge in [0.05, 0.1) is 6.04 Å². The highest BCUT2D eigenvalue weighted by atomic mass is 35.5. The first kappa shape index (κ1) is 27.2. The molecule has 2 amide bonds. The van der Waals surface area contributed by atoms with Crippen molar-refractivity contribution in [3.05, 3.63) is 35.9 Å². The Hall–Kier alpha value is -2.81. The van der Waals surface area contributed by atoms with Crippen molar-refractivity contribution in [1.29, 1.82) is 0 Å². The number of nitrogens with one attached hydrogen (secondary N) is 2. The second-order valence-electron chi connectivity index (χ2n) is 7.09. The van der Waals surface area contributed by atoms with Crippen LogP contribution in [0.5, 0.6) is 0 Å². The molecule has 0 fully saturated rings. The Morgan fingerprint density at radius 3 is 2.40 bits per heavy atom. The van der Waals surface area contributed by atoms with E-state index in [9.17, 15) is 14.4 Å². The summed E-state index contributed by atoms with van der Waals surface area (Å²) in [6.07, 6.45) is 1.30. The highest BCUT2D eigenvalue weighted by molar-refractivity contribution is 5.87. The van der Waals surface area contributed by atoms with Crippen LogP contribution in [-0.2, 0) is 20.9 Å². The molecule has 1 aromatic rings. The number of hydrogen-bond acceptors (Lipinski definition) is 5. The van der Waals surface area contributed by atoms with Crippen molar-refractivity contribution >= 4 is 36.7 Å². The Morgan fingerprint density at radius 1 is 1.17 bits per heavy atom. The van der Waals surface area contributed by atoms with Crippen molar-refractivity contribution < 1.29 is 19.1 Å². The molecule has 9 nitrogen and oxygen atoms in total. The molecule has 0 aromatic heterocycles. The zero-order chi connectivity index (χ0) is 21.6. The number of rotatable bonds is 12. The van der Waals surface area contributed by atoms with Gasteiger partial charge in [0.25, 0.3) is 0 Å². The van der Waals surface area contributed by atoms with Crippen LogP contribution in [-0.4, -0.2) is 42.9 Å². The number of carbonyl (C=O) groups excluding carboxylic acids is 3. The van der Waals surface area contributed by atoms with Gasteiger partial charge in [0.2, 0.25) is 5.91 Å². The SMILES string of the molecule is CC(C)C[C@H](NC(=O)OCc1ccccc1)C(=O)N[C@H](C=O)CCCN=C(N)N.Cl. The molecule has 0 aliphatic carbocycles. The van der Waals surface area contributed by atoms with Gasteiger partial charge in [0, 0.05) is 6.54 Å². The minimum Gasteiger partial charge on any atom is -0.445 e. The van der Waals surface area contributed by atoms with Crippen molar-refractivity contribution in [2.75, 3.05) is 6.54 Å². The third-order valence-electron chi connectivity index (χ3n) is 3.99. The number of halogens is 1. The van der Waals surface area contributed by atoms with Gasteiger partial charge < -0.3 is 31.6 Å². The Balaban J connectivity index is 0.00000841. The van der Waals surface area contributed by atoms with E-state index < -0.39 is 24.1 Å². The fraction of sp³-hybridized carbons (Fsp3) is 0.500. The molecule has 1 rings (SSSR count). The zero-order valence-electron chi connectivity index (χ0n) is 17.4. The maximum absolute atomic E-state index is 12.6. The van der Waals surface area contributed by atoms with E-state index in [2.05, 4.69) is 15.6 Å². The first-order chi connectivity index (χ1) is 13.8. The lowest BCUT2D eigenvalue weighted by Gasteiger charge is -2.22. The molecule has 0 saturated heterocycles. The minimum absolute atomic E-state index is 0. The van der Waals surface area contributed by atoms with Crippen LogP contribution in [0.2, 0.25) is 0 Å². The number of benzene rings is 1. The number of amides is 2. The van der Waals surface area contributed by atoms with E-state index in [0.29, 0.717) is 32.1 Å². The number of ether oxygens (including phenoxy) is 1. The molecule has 0 aliphatic heterocycles. The predicted molar refractivity (Wildman–Crippen MR) is 118 cm³/mol. The summed E-state index contributed by atoms with van der Waals surface area (Å²) in [5, 5.41) is 5.24. The fourth-order valence-electron chi connectivity index (χ4n) is 2.59. The lowest BCUT2D eigenvalue weighted by molar-refractivity contribution is -0.126. The van der Waals surface area contributed by atoms with Crippen molar-refractivity contribution in [2.45, 2.75) is 51.8 Å². The summed E-state index contributed by atoms with van der Waals surface area (Å²) < 4.78 is 5.19. The molecule has 0 bridgehead atoms. The number of nitrogens with zero attached hydrogens (tertiary/aromatic N) is 1. The second kappa shape index (κ2) is 15.1. The van der Waals surface area contributed by atoms with Gasteiger partial charge in [-0.15, -0.1) is 12.4 Å². The number of aliphatic imine (C=N–C) groups is 1. The standard InChI is InChI=1S/C20H31N5O4.ClH/c1-14(2)11-17(25-20(28)29-13-15-7-4-3-5-8-15)18(27)24-16(12-26)9-6-10-23-19(21)22;/h3-5,7-8,12,14,16-17H,6,9-11,13H2,1-2H3,(H,24,27)(H,25,28)(H4,21,22,23);1H/t16-,17-;/m0./s1. The number of guanidine groups is 1. The molecule has 2 atom stereocenters. The van der Waals surface area contributed by atoms with E-state index in [0.717, 1.165) is 5.56 Å². The van der Waals surface area contributed by atoms with Crippen LogP contribution in [0.25, 0.3) is 0 Å². The third-order valence-corrected chi connectivity index (χ3v) is 3.99. The Labute approximate surface area is 183 Å². The molecule has 10 heteroatoms. The number of aldehydes is 1. The maximum atomic E-state index is 12.6. The van der Waals surface area contributed by atoms with E-state index in [1.54, 1.807) is 0 Å². The molecule has 168 valence electrons. The van der Waals surface area contributed by atoms with Crippen LogP contribution in [0.3, 0.4) is 0 Å². The second-order valence-corrected chi connectivity index (χ2v) is 7.09. The fourth-order valence-corrected chi connectivity index (χ4v) is 2.59. The lowest BCUT2D eigenvalue weighted by atomic mass is 10.0. The van der Waals surface area contributed by atoms with Gasteiger partial charge in [0.1, 0.15) is 18.9 Å². The summed E-state index contributed by atoms with van der Waals surface area (Å²) in [4.78, 5) is 39.8. The summed E-state index contributed by atoms with van der Waals surface area (Å²) >= 11 is 0. The van der Waals surface area contributed by atoms with Gasteiger partial charge in [-0.1, -0.05) is 44.2 Å². The summed E-state index contributed by atoms with van der Waals surface area (Å²) in [6, 6.07) is 7.74. The molecule has 0 radical (unpaired) electrons. The topological polar surface area (TPSA) is 149 Å². The molecule has 0 heterocycles. The van der Waals surface area contributed by atoms with Crippen LogP contribution in [0.1, 0.15) is 38.7 Å². The normalized spacial score (nSPS) is 12.1. The van der Waals surface area contributed by atoms with E-state index in [4.69, 9.17) is 16.2 Å². The van der Waals surface area contributed by atoms with Crippen LogP contribution in [0, 0.1) is 5.92 Å². The quantitative estimate of drug-likeness (QED) is 0.167. The van der Waals surface area contributed by atoms with Crippen LogP contribution < -0.4 is 22.1 Å². The first-order valence-electron chi connectivity index (χ1n) is 9.60. The van der Waals surface area contributed by atoms with Crippen molar-refractivity contribution in [3.63, 3.8) is 0 Å². The summed E-state index contributed by atoms with van der Waals surface area (Å²) in [6.45, 7) is 4.33. The molecule has 6 N–H and O–H groups in total. The molecule has 1 aromatic carbocycles. The Kier molecular flexibility index (Phi) is 13.7. The van der Waals surface area contributed by atoms with Gasteiger partial charge in [0.15, 0.2) is 5.96 Å². The smallest absolute Gasteiger partial charge is 0.408 e. The molecule has 0 saturated carbocycles. The van der Waals surface area contributed by atoms with Gasteiger partial charge >= 0.3 is 6.09 Å². The summed E-state index contributed by atoms with van der Waals surface area (Å²) in [5.74, 6) is -0.307. The summed E-state index contributed by atoms with van der Waals surface area (Å²) in [7, 11) is 0. The molecule has 0 aliphatic rings. The largest absolute Gasteiger partial charge is 0.445 e. The average molecular weight is 442 g/mol. The van der Waals surface area contributed by atoms with Crippen molar-refractivity contribution in [1.82, 2.24) is 10.6 Å². The highest BCUT2D eigenvalue weighted by Crippen LogP contribution is 2.07. The number of hydrogen-bond donors (Lipinski definition) is 4. The Morgan fingerprint density at radius 2 is 1.83 bits per heavy atom. The van der Waals surface area contributed by atoms with Crippen LogP contribution in [0.4, 0.5) is 4.79 Å². The maximum Gasteiger partial charge on any atom is 0.408 e. The van der Waals surface area contributed by atoms with Gasteiger partial charge in [-0.3, -0.25) is 9.79 Å². The Bertz CT molecular complexity index is 681. The van der Waals surface area contributed by atoms with E-state index >= 15 is 0 Å². The average Bonchev–Trinajstić information content (AvgIpc) is 2.68. The predicted octanol–water partition coefficient (Wildman–Crippen LogP) is 1.49. The monoisotopic (exact) mass is 441 g/mol. The minimum atomic E-state index is -0.807. The van der Waals surface area contributed by atoms with E-state index in [1.165, 1.54) is 0 Å². The number of nitrogens with two attached hydrogens (primary N) is 2. The van der Waals surface area contributed by atoms with Gasteiger partial charge in [-0.05, 0) is 30.7 Å². The van der Waals surface area contributed by atoms with Gasteiger partial charge in [-0.25, -0.2) is 4.79 Å². The first-order valence-corrected chi connectivity index (χ1v) is 9.60. The molecule has 30 heavy (non-hydrogen) atoms. The molecular weight excluding hydrogens is 410 g/mol. The van der Waals surface area contributed by atoms with Crippen LogP contribution >= 0.6 is 12.4 Å². The van der Waals surface area contributed by atoms with E-state index in [-0.39, 0.29) is 30.9 Å². The number of carbonyl (C=O) groups is 3. The molecular formula is C20H32ClN5O4. The molecule has 0 spiro atoms. The number of alkyl carbamates (subject to hydrolysis) is 1. The highest BCUT2D eigenvalue weighted by Gasteiger charge is 2.24. The van der Waals surface area contributed by atoms with Crippen molar-refractivity contribution in [2.24, 2.45) is 22.4 Å². The van der Waals surface area contributed by atoms with Gasteiger partial charge in [-0.2, -0.15) is 0 Å². The zero-order valence-corrected chi connectivity index (χ0v) is 18.2. The van der Waals surface area contributed by atoms with Crippen molar-refractivity contribution in [3.8, 4) is 0 Å². The third kappa shape index (κ3) is 11.9. The lowest BCUT2D eigenvalue weighted by Crippen LogP contribution is -2.50. The van der Waals surface area contributed by atoms with E-state index in [1.807, 2.05) is 44.2 Å². The summed E-state index contributed by atoms with van der Waals surface area (Å²) in [5.41, 5.74) is 11.3. The van der Waals surface area contributed by atoms with Crippen LogP contribution in [0.15, 0.2) is 35.3 Å². The molecule has 0 unspecified atom stereocenters.